The highest BCUT2D eigenvalue weighted by Gasteiger charge is 2.20. The van der Waals surface area contributed by atoms with Gasteiger partial charge in [-0.1, -0.05) is 6.92 Å². The molecule has 20 heavy (non-hydrogen) atoms. The van der Waals surface area contributed by atoms with E-state index in [4.69, 9.17) is 4.98 Å². The molecule has 0 radical (unpaired) electrons. The summed E-state index contributed by atoms with van der Waals surface area (Å²) in [6.45, 7) is 7.55. The lowest BCUT2D eigenvalue weighted by Gasteiger charge is -2.26. The van der Waals surface area contributed by atoms with Crippen molar-refractivity contribution in [2.24, 2.45) is 0 Å². The molecule has 1 aliphatic heterocycles. The van der Waals surface area contributed by atoms with Gasteiger partial charge in [-0.3, -0.25) is 0 Å². The van der Waals surface area contributed by atoms with Crippen molar-refractivity contribution in [2.75, 3.05) is 18.0 Å². The van der Waals surface area contributed by atoms with Gasteiger partial charge in [-0.05, 0) is 43.3 Å². The Kier molecular flexibility index (Phi) is 4.38. The summed E-state index contributed by atoms with van der Waals surface area (Å²) in [4.78, 5) is 8.79. The summed E-state index contributed by atoms with van der Waals surface area (Å²) >= 11 is 3.66. The first-order valence-electron chi connectivity index (χ1n) is 7.27. The predicted molar refractivity (Wildman–Crippen MR) is 87.9 cm³/mol. The van der Waals surface area contributed by atoms with Gasteiger partial charge in [0.25, 0.3) is 0 Å². The van der Waals surface area contributed by atoms with E-state index < -0.39 is 0 Å². The SMILES string of the molecule is CCCNC(C)c1csc(N2CCc3sccc3C2)n1. The van der Waals surface area contributed by atoms with E-state index in [9.17, 15) is 0 Å². The van der Waals surface area contributed by atoms with Crippen molar-refractivity contribution in [1.82, 2.24) is 10.3 Å². The molecule has 3 rings (SSSR count). The molecule has 3 nitrogen and oxygen atoms in total. The molecule has 0 fully saturated rings. The van der Waals surface area contributed by atoms with Gasteiger partial charge < -0.3 is 10.2 Å². The monoisotopic (exact) mass is 307 g/mol. The average Bonchev–Trinajstić information content (AvgIpc) is 3.12. The second-order valence-electron chi connectivity index (χ2n) is 5.27. The molecule has 0 spiro atoms. The highest BCUT2D eigenvalue weighted by molar-refractivity contribution is 7.13. The van der Waals surface area contributed by atoms with Crippen LogP contribution >= 0.6 is 22.7 Å². The molecular weight excluding hydrogens is 286 g/mol. The Bertz CT molecular complexity index is 561. The summed E-state index contributed by atoms with van der Waals surface area (Å²) < 4.78 is 0. The zero-order valence-corrected chi connectivity index (χ0v) is 13.7. The quantitative estimate of drug-likeness (QED) is 0.910. The highest BCUT2D eigenvalue weighted by atomic mass is 32.1. The molecule has 0 bridgehead atoms. The zero-order chi connectivity index (χ0) is 13.9. The van der Waals surface area contributed by atoms with Crippen LogP contribution in [0.2, 0.25) is 0 Å². The van der Waals surface area contributed by atoms with E-state index in [0.717, 1.165) is 32.5 Å². The molecule has 1 aliphatic rings. The molecule has 1 N–H and O–H groups in total. The molecule has 1 atom stereocenters. The maximum Gasteiger partial charge on any atom is 0.185 e. The Morgan fingerprint density at radius 3 is 3.20 bits per heavy atom. The minimum atomic E-state index is 0.349. The number of thiazole rings is 1. The standard InChI is InChI=1S/C15H21N3S2/c1-3-6-16-11(2)13-10-20-15(17-13)18-7-4-14-12(9-18)5-8-19-14/h5,8,10-11,16H,3-4,6-7,9H2,1-2H3. The molecule has 0 aliphatic carbocycles. The molecule has 0 amide bonds. The molecule has 1 unspecified atom stereocenters. The summed E-state index contributed by atoms with van der Waals surface area (Å²) in [5, 5.41) is 9.08. The van der Waals surface area contributed by atoms with Gasteiger partial charge in [-0.2, -0.15) is 0 Å². The Labute approximate surface area is 128 Å². The van der Waals surface area contributed by atoms with Crippen molar-refractivity contribution in [2.45, 2.75) is 39.3 Å². The minimum absolute atomic E-state index is 0.349. The molecule has 108 valence electrons. The fraction of sp³-hybridized carbons (Fsp3) is 0.533. The second kappa shape index (κ2) is 6.24. The van der Waals surface area contributed by atoms with Gasteiger partial charge in [0.15, 0.2) is 5.13 Å². The van der Waals surface area contributed by atoms with Crippen molar-refractivity contribution in [3.05, 3.63) is 33.0 Å². The van der Waals surface area contributed by atoms with Crippen molar-refractivity contribution in [3.8, 4) is 0 Å². The first kappa shape index (κ1) is 14.0. The third kappa shape index (κ3) is 2.90. The van der Waals surface area contributed by atoms with E-state index >= 15 is 0 Å². The lowest BCUT2D eigenvalue weighted by Crippen LogP contribution is -2.29. The maximum absolute atomic E-state index is 4.83. The molecule has 2 aromatic rings. The molecule has 0 saturated heterocycles. The van der Waals surface area contributed by atoms with Crippen molar-refractivity contribution in [1.29, 1.82) is 0 Å². The van der Waals surface area contributed by atoms with Crippen LogP contribution < -0.4 is 10.2 Å². The maximum atomic E-state index is 4.83. The fourth-order valence-corrected chi connectivity index (χ4v) is 4.33. The molecule has 3 heterocycles. The first-order chi connectivity index (χ1) is 9.78. The van der Waals surface area contributed by atoms with E-state index in [1.54, 1.807) is 16.2 Å². The Morgan fingerprint density at radius 2 is 2.35 bits per heavy atom. The average molecular weight is 307 g/mol. The lowest BCUT2D eigenvalue weighted by molar-refractivity contribution is 0.560. The van der Waals surface area contributed by atoms with Crippen LogP contribution in [-0.2, 0) is 13.0 Å². The Hall–Kier alpha value is -0.910. The van der Waals surface area contributed by atoms with Gasteiger partial charge in [0.1, 0.15) is 0 Å². The number of hydrogen-bond acceptors (Lipinski definition) is 5. The predicted octanol–water partition coefficient (Wildman–Crippen LogP) is 3.83. The Balaban J connectivity index is 1.68. The minimum Gasteiger partial charge on any atom is -0.343 e. The van der Waals surface area contributed by atoms with Crippen LogP contribution in [0.25, 0.3) is 0 Å². The van der Waals surface area contributed by atoms with Gasteiger partial charge in [0.2, 0.25) is 0 Å². The number of hydrogen-bond donors (Lipinski definition) is 1. The van der Waals surface area contributed by atoms with Crippen LogP contribution in [0, 0.1) is 0 Å². The van der Waals surface area contributed by atoms with E-state index in [2.05, 4.69) is 40.9 Å². The van der Waals surface area contributed by atoms with E-state index in [1.165, 1.54) is 16.4 Å². The summed E-state index contributed by atoms with van der Waals surface area (Å²) in [5.74, 6) is 0. The summed E-state index contributed by atoms with van der Waals surface area (Å²) in [6, 6.07) is 2.60. The van der Waals surface area contributed by atoms with Crippen molar-refractivity contribution in [3.63, 3.8) is 0 Å². The number of aromatic nitrogens is 1. The van der Waals surface area contributed by atoms with Gasteiger partial charge in [-0.15, -0.1) is 22.7 Å². The topological polar surface area (TPSA) is 28.2 Å². The summed E-state index contributed by atoms with van der Waals surface area (Å²) in [6.07, 6.45) is 2.32. The van der Waals surface area contributed by atoms with Crippen LogP contribution in [0.4, 0.5) is 5.13 Å². The molecule has 2 aromatic heterocycles. The Morgan fingerprint density at radius 1 is 1.45 bits per heavy atom. The molecule has 5 heteroatoms. The van der Waals surface area contributed by atoms with Gasteiger partial charge >= 0.3 is 0 Å². The summed E-state index contributed by atoms with van der Waals surface area (Å²) in [5.41, 5.74) is 2.66. The van der Waals surface area contributed by atoms with Crippen LogP contribution in [-0.4, -0.2) is 18.1 Å². The van der Waals surface area contributed by atoms with Crippen LogP contribution in [0.1, 0.15) is 42.4 Å². The van der Waals surface area contributed by atoms with Gasteiger partial charge in [-0.25, -0.2) is 4.98 Å². The number of thiophene rings is 1. The smallest absolute Gasteiger partial charge is 0.185 e. The van der Waals surface area contributed by atoms with Crippen molar-refractivity contribution >= 4 is 27.8 Å². The largest absolute Gasteiger partial charge is 0.343 e. The fourth-order valence-electron chi connectivity index (χ4n) is 2.50. The number of nitrogens with one attached hydrogen (secondary N) is 1. The number of anilines is 1. The van der Waals surface area contributed by atoms with E-state index in [0.29, 0.717) is 6.04 Å². The third-order valence-corrected chi connectivity index (χ3v) is 5.67. The summed E-state index contributed by atoms with van der Waals surface area (Å²) in [7, 11) is 0. The lowest BCUT2D eigenvalue weighted by atomic mass is 10.1. The van der Waals surface area contributed by atoms with Gasteiger partial charge in [0.05, 0.1) is 5.69 Å². The number of rotatable bonds is 5. The van der Waals surface area contributed by atoms with Crippen LogP contribution in [0.3, 0.4) is 0 Å². The zero-order valence-electron chi connectivity index (χ0n) is 12.1. The molecule has 0 saturated carbocycles. The van der Waals surface area contributed by atoms with Gasteiger partial charge in [0, 0.05) is 29.4 Å². The van der Waals surface area contributed by atoms with Crippen LogP contribution in [0.5, 0.6) is 0 Å². The molecule has 0 aromatic carbocycles. The first-order valence-corrected chi connectivity index (χ1v) is 9.03. The number of nitrogens with zero attached hydrogens (tertiary/aromatic N) is 2. The third-order valence-electron chi connectivity index (χ3n) is 3.73. The molecular formula is C15H21N3S2. The second-order valence-corrected chi connectivity index (χ2v) is 7.11. The van der Waals surface area contributed by atoms with Crippen molar-refractivity contribution < 1.29 is 0 Å². The normalized spacial score (nSPS) is 16.2. The van der Waals surface area contributed by atoms with Crippen LogP contribution in [0.15, 0.2) is 16.8 Å². The number of fused-ring (bicyclic) bond motifs is 1. The van der Waals surface area contributed by atoms with E-state index in [1.807, 2.05) is 11.3 Å². The highest BCUT2D eigenvalue weighted by Crippen LogP contribution is 2.30. The van der Waals surface area contributed by atoms with E-state index in [-0.39, 0.29) is 0 Å².